The summed E-state index contributed by atoms with van der Waals surface area (Å²) in [6.07, 6.45) is 0. The Morgan fingerprint density at radius 2 is 1.50 bits per heavy atom. The van der Waals surface area contributed by atoms with Gasteiger partial charge in [0, 0.05) is 11.1 Å². The zero-order valence-electron chi connectivity index (χ0n) is 13.4. The number of nitrogens with zero attached hydrogens (tertiary/aromatic N) is 2. The molecule has 124 valence electrons. The molecule has 0 aliphatic heterocycles. The second kappa shape index (κ2) is 6.49. The Kier molecular flexibility index (Phi) is 4.24. The first kappa shape index (κ1) is 15.7. The van der Waals surface area contributed by atoms with Crippen LogP contribution in [0.25, 0.3) is 22.8 Å². The van der Waals surface area contributed by atoms with E-state index in [4.69, 9.17) is 18.7 Å². The number of phenols is 1. The molecule has 0 spiro atoms. The normalized spacial score (nSPS) is 10.5. The first-order chi connectivity index (χ1) is 11.7. The third-order valence-corrected chi connectivity index (χ3v) is 3.46. The molecule has 3 rings (SSSR count). The summed E-state index contributed by atoms with van der Waals surface area (Å²) in [5.41, 5.74) is 1.37. The third-order valence-electron chi connectivity index (χ3n) is 3.46. The minimum absolute atomic E-state index is 0.173. The van der Waals surface area contributed by atoms with Crippen molar-refractivity contribution in [1.82, 2.24) is 10.1 Å². The molecule has 0 unspecified atom stereocenters. The minimum atomic E-state index is 0.173. The molecule has 24 heavy (non-hydrogen) atoms. The van der Waals surface area contributed by atoms with E-state index in [-0.39, 0.29) is 5.75 Å². The van der Waals surface area contributed by atoms with Crippen molar-refractivity contribution in [2.45, 2.75) is 0 Å². The molecule has 3 aromatic rings. The van der Waals surface area contributed by atoms with E-state index < -0.39 is 0 Å². The molecule has 0 atom stereocenters. The van der Waals surface area contributed by atoms with E-state index in [2.05, 4.69) is 10.1 Å². The van der Waals surface area contributed by atoms with E-state index in [1.807, 2.05) is 0 Å². The molecule has 0 radical (unpaired) electrons. The predicted molar refractivity (Wildman–Crippen MR) is 86.5 cm³/mol. The van der Waals surface area contributed by atoms with Gasteiger partial charge in [-0.05, 0) is 36.4 Å². The first-order valence-corrected chi connectivity index (χ1v) is 7.09. The monoisotopic (exact) mass is 328 g/mol. The van der Waals surface area contributed by atoms with E-state index in [0.717, 1.165) is 5.56 Å². The standard InChI is InChI=1S/C17H16N2O5/c1-21-13-8-11(9-14(22-2)15(13)23-3)17-18-16(19-24-17)10-4-6-12(20)7-5-10/h4-9,20H,1-3H3. The molecule has 0 saturated carbocycles. The number of hydrogen-bond donors (Lipinski definition) is 1. The lowest BCUT2D eigenvalue weighted by Crippen LogP contribution is -1.95. The number of methoxy groups -OCH3 is 3. The molecule has 7 heteroatoms. The smallest absolute Gasteiger partial charge is 0.258 e. The fraction of sp³-hybridized carbons (Fsp3) is 0.176. The Morgan fingerprint density at radius 1 is 0.875 bits per heavy atom. The number of aromatic hydroxyl groups is 1. The number of rotatable bonds is 5. The second-order valence-electron chi connectivity index (χ2n) is 4.88. The van der Waals surface area contributed by atoms with E-state index in [1.54, 1.807) is 36.4 Å². The van der Waals surface area contributed by atoms with Crippen LogP contribution >= 0.6 is 0 Å². The van der Waals surface area contributed by atoms with Crippen molar-refractivity contribution in [3.8, 4) is 45.8 Å². The zero-order chi connectivity index (χ0) is 17.1. The average molecular weight is 328 g/mol. The molecule has 0 aliphatic carbocycles. The minimum Gasteiger partial charge on any atom is -0.508 e. The Balaban J connectivity index is 2.02. The van der Waals surface area contributed by atoms with Crippen LogP contribution in [0.3, 0.4) is 0 Å². The van der Waals surface area contributed by atoms with Gasteiger partial charge in [-0.15, -0.1) is 0 Å². The van der Waals surface area contributed by atoms with Gasteiger partial charge in [-0.25, -0.2) is 0 Å². The molecule has 2 aromatic carbocycles. The van der Waals surface area contributed by atoms with Crippen molar-refractivity contribution in [1.29, 1.82) is 0 Å². The summed E-state index contributed by atoms with van der Waals surface area (Å²) in [6, 6.07) is 10.00. The molecule has 0 fully saturated rings. The quantitative estimate of drug-likeness (QED) is 0.770. The third kappa shape index (κ3) is 2.83. The molecule has 0 bridgehead atoms. The van der Waals surface area contributed by atoms with Crippen molar-refractivity contribution in [3.63, 3.8) is 0 Å². The molecule has 7 nitrogen and oxygen atoms in total. The first-order valence-electron chi connectivity index (χ1n) is 7.09. The van der Waals surface area contributed by atoms with Crippen molar-refractivity contribution in [2.24, 2.45) is 0 Å². The van der Waals surface area contributed by atoms with Crippen LogP contribution in [-0.2, 0) is 0 Å². The van der Waals surface area contributed by atoms with Crippen LogP contribution in [0.2, 0.25) is 0 Å². The lowest BCUT2D eigenvalue weighted by molar-refractivity contribution is 0.324. The lowest BCUT2D eigenvalue weighted by Gasteiger charge is -2.12. The highest BCUT2D eigenvalue weighted by Crippen LogP contribution is 2.41. The highest BCUT2D eigenvalue weighted by molar-refractivity contribution is 5.67. The molecule has 1 heterocycles. The van der Waals surface area contributed by atoms with Gasteiger partial charge in [0.15, 0.2) is 11.5 Å². The number of aromatic nitrogens is 2. The fourth-order valence-corrected chi connectivity index (χ4v) is 2.27. The summed E-state index contributed by atoms with van der Waals surface area (Å²) < 4.78 is 21.3. The van der Waals surface area contributed by atoms with E-state index >= 15 is 0 Å². The summed E-state index contributed by atoms with van der Waals surface area (Å²) in [5.74, 6) is 2.39. The molecule has 1 N–H and O–H groups in total. The summed E-state index contributed by atoms with van der Waals surface area (Å²) in [6.45, 7) is 0. The number of hydrogen-bond acceptors (Lipinski definition) is 7. The maximum Gasteiger partial charge on any atom is 0.258 e. The van der Waals surface area contributed by atoms with Crippen LogP contribution in [0.15, 0.2) is 40.9 Å². The fourth-order valence-electron chi connectivity index (χ4n) is 2.27. The van der Waals surface area contributed by atoms with Crippen LogP contribution in [0.1, 0.15) is 0 Å². The Hall–Kier alpha value is -3.22. The second-order valence-corrected chi connectivity index (χ2v) is 4.88. The highest BCUT2D eigenvalue weighted by Gasteiger charge is 2.18. The van der Waals surface area contributed by atoms with Gasteiger partial charge < -0.3 is 23.8 Å². The Morgan fingerprint density at radius 3 is 2.04 bits per heavy atom. The van der Waals surface area contributed by atoms with Crippen LogP contribution in [0, 0.1) is 0 Å². The van der Waals surface area contributed by atoms with Crippen LogP contribution in [0.4, 0.5) is 0 Å². The maximum atomic E-state index is 9.35. The summed E-state index contributed by atoms with van der Waals surface area (Å²) in [4.78, 5) is 4.38. The van der Waals surface area contributed by atoms with E-state index in [0.29, 0.717) is 34.5 Å². The van der Waals surface area contributed by atoms with Crippen LogP contribution in [-0.4, -0.2) is 36.6 Å². The van der Waals surface area contributed by atoms with Gasteiger partial charge in [0.1, 0.15) is 5.75 Å². The summed E-state index contributed by atoms with van der Waals surface area (Å²) in [5, 5.41) is 13.3. The van der Waals surface area contributed by atoms with Crippen LogP contribution in [0.5, 0.6) is 23.0 Å². The van der Waals surface area contributed by atoms with Gasteiger partial charge in [0.25, 0.3) is 5.89 Å². The number of ether oxygens (including phenoxy) is 3. The zero-order valence-corrected chi connectivity index (χ0v) is 13.4. The molecule has 0 amide bonds. The van der Waals surface area contributed by atoms with Gasteiger partial charge in [-0.2, -0.15) is 4.98 Å². The summed E-state index contributed by atoms with van der Waals surface area (Å²) >= 11 is 0. The molecular formula is C17H16N2O5. The van der Waals surface area contributed by atoms with Crippen LogP contribution < -0.4 is 14.2 Å². The van der Waals surface area contributed by atoms with Gasteiger partial charge >= 0.3 is 0 Å². The van der Waals surface area contributed by atoms with Crippen molar-refractivity contribution < 1.29 is 23.8 Å². The molecule has 0 saturated heterocycles. The van der Waals surface area contributed by atoms with Gasteiger partial charge in [0.05, 0.1) is 21.3 Å². The number of benzene rings is 2. The Bertz CT molecular complexity index is 817. The van der Waals surface area contributed by atoms with Crippen molar-refractivity contribution >= 4 is 0 Å². The van der Waals surface area contributed by atoms with Crippen molar-refractivity contribution in [2.75, 3.05) is 21.3 Å². The maximum absolute atomic E-state index is 9.35. The van der Waals surface area contributed by atoms with Gasteiger partial charge in [-0.1, -0.05) is 5.16 Å². The average Bonchev–Trinajstić information content (AvgIpc) is 3.11. The molecule has 1 aromatic heterocycles. The van der Waals surface area contributed by atoms with Gasteiger partial charge in [-0.3, -0.25) is 0 Å². The SMILES string of the molecule is COc1cc(-c2nc(-c3ccc(O)cc3)no2)cc(OC)c1OC. The highest BCUT2D eigenvalue weighted by atomic mass is 16.5. The van der Waals surface area contributed by atoms with Crippen molar-refractivity contribution in [3.05, 3.63) is 36.4 Å². The lowest BCUT2D eigenvalue weighted by atomic mass is 10.1. The van der Waals surface area contributed by atoms with E-state index in [1.165, 1.54) is 21.3 Å². The van der Waals surface area contributed by atoms with Gasteiger partial charge in [0.2, 0.25) is 11.6 Å². The predicted octanol–water partition coefficient (Wildman–Crippen LogP) is 3.14. The largest absolute Gasteiger partial charge is 0.508 e. The topological polar surface area (TPSA) is 86.8 Å². The van der Waals surface area contributed by atoms with E-state index in [9.17, 15) is 5.11 Å². The molecule has 0 aliphatic rings. The number of phenolic OH excluding ortho intramolecular Hbond substituents is 1. The molecular weight excluding hydrogens is 312 g/mol. The summed E-state index contributed by atoms with van der Waals surface area (Å²) in [7, 11) is 4.61. The Labute approximate surface area is 138 Å².